The molecule has 47 heavy (non-hydrogen) atoms. The summed E-state index contributed by atoms with van der Waals surface area (Å²) >= 11 is 0. The summed E-state index contributed by atoms with van der Waals surface area (Å²) in [5.74, 6) is 0.375. The number of allylic oxidation sites excluding steroid dienone is 1. The van der Waals surface area contributed by atoms with E-state index in [1.54, 1.807) is 24.3 Å². The van der Waals surface area contributed by atoms with Crippen LogP contribution in [0.4, 0.5) is 11.4 Å². The Balaban J connectivity index is 1.74. The van der Waals surface area contributed by atoms with Gasteiger partial charge < -0.3 is 38.8 Å². The minimum atomic E-state index is -1.11. The molecule has 0 aromatic heterocycles. The third-order valence-electron chi connectivity index (χ3n) is 8.47. The highest BCUT2D eigenvalue weighted by Crippen LogP contribution is 2.51. The second-order valence-corrected chi connectivity index (χ2v) is 11.0. The lowest BCUT2D eigenvalue weighted by molar-refractivity contribution is -0.138. The molecule has 248 valence electrons. The van der Waals surface area contributed by atoms with E-state index in [-0.39, 0.29) is 31.0 Å². The van der Waals surface area contributed by atoms with Crippen LogP contribution < -0.4 is 38.6 Å². The molecule has 1 aliphatic carbocycles. The van der Waals surface area contributed by atoms with Crippen molar-refractivity contribution in [2.45, 2.75) is 37.6 Å². The number of ketones is 1. The van der Waals surface area contributed by atoms with Crippen molar-refractivity contribution in [3.05, 3.63) is 70.9 Å². The van der Waals surface area contributed by atoms with Gasteiger partial charge in [-0.1, -0.05) is 12.1 Å². The number of aliphatic carboxylic acids is 1. The molecular formula is C35H38N2O10. The van der Waals surface area contributed by atoms with Gasteiger partial charge >= 0.3 is 5.97 Å². The molecule has 0 spiro atoms. The van der Waals surface area contributed by atoms with Crippen molar-refractivity contribution in [1.82, 2.24) is 0 Å². The number of methoxy groups -OCH3 is 6. The normalized spacial score (nSPS) is 17.1. The number of fused-ring (bicyclic) bond motifs is 1. The number of para-hydroxylation sites is 2. The molecule has 12 heteroatoms. The van der Waals surface area contributed by atoms with Crippen molar-refractivity contribution in [1.29, 1.82) is 0 Å². The van der Waals surface area contributed by atoms with Crippen LogP contribution in [0.1, 0.15) is 48.8 Å². The number of nitrogens with zero attached hydrogens (tertiary/aromatic N) is 1. The fourth-order valence-electron chi connectivity index (χ4n) is 6.35. The van der Waals surface area contributed by atoms with Gasteiger partial charge in [0.1, 0.15) is 0 Å². The van der Waals surface area contributed by atoms with Crippen LogP contribution in [0.3, 0.4) is 0 Å². The van der Waals surface area contributed by atoms with Gasteiger partial charge in [-0.05, 0) is 59.9 Å². The standard InChI is InChI=1S/C35H38N2O10/c1-42-26-15-20(16-27(43-2)34(26)46-5)19-13-23-32(25(38)14-19)33(21-17-28(44-3)35(47-6)29(18-21)45-4)37(30(39)11-12-31(40)41)24-10-8-7-9-22(24)36-23/h7-10,15-19,33,36H,11-14H2,1-6H3,(H,40,41)/t19-,33+/m0/s1. The number of carbonyl (C=O) groups is 3. The SMILES string of the molecule is COc1cc([C@@H]2CC(=O)C3=C(C2)Nc2ccccc2N(C(=O)CCC(=O)O)[C@@H]3c2cc(OC)c(OC)c(OC)c2)cc(OC)c1OC. The molecule has 2 atom stereocenters. The molecule has 5 rings (SSSR count). The first-order chi connectivity index (χ1) is 22.7. The van der Waals surface area contributed by atoms with E-state index in [1.807, 2.05) is 24.3 Å². The highest BCUT2D eigenvalue weighted by Gasteiger charge is 2.42. The Morgan fingerprint density at radius 1 is 0.766 bits per heavy atom. The number of hydrogen-bond donors (Lipinski definition) is 2. The van der Waals surface area contributed by atoms with Crippen LogP contribution >= 0.6 is 0 Å². The molecule has 2 aliphatic rings. The van der Waals surface area contributed by atoms with E-state index in [4.69, 9.17) is 28.4 Å². The van der Waals surface area contributed by atoms with Crippen molar-refractivity contribution >= 4 is 29.0 Å². The van der Waals surface area contributed by atoms with Crippen LogP contribution in [0, 0.1) is 0 Å². The Hall–Kier alpha value is -5.39. The van der Waals surface area contributed by atoms with E-state index < -0.39 is 17.9 Å². The predicted octanol–water partition coefficient (Wildman–Crippen LogP) is 5.50. The molecule has 0 bridgehead atoms. The minimum Gasteiger partial charge on any atom is -0.493 e. The Kier molecular flexibility index (Phi) is 9.78. The van der Waals surface area contributed by atoms with E-state index in [0.29, 0.717) is 69.1 Å². The minimum absolute atomic E-state index is 0.119. The van der Waals surface area contributed by atoms with Crippen LogP contribution in [-0.4, -0.2) is 65.4 Å². The maximum atomic E-state index is 14.5. The molecule has 0 fully saturated rings. The lowest BCUT2D eigenvalue weighted by atomic mass is 9.78. The largest absolute Gasteiger partial charge is 0.493 e. The fourth-order valence-corrected chi connectivity index (χ4v) is 6.35. The first kappa shape index (κ1) is 33.0. The summed E-state index contributed by atoms with van der Waals surface area (Å²) in [6.07, 6.45) is -0.134. The molecule has 0 radical (unpaired) electrons. The van der Waals surface area contributed by atoms with Crippen LogP contribution in [0.2, 0.25) is 0 Å². The van der Waals surface area contributed by atoms with Crippen LogP contribution in [-0.2, 0) is 14.4 Å². The molecule has 2 N–H and O–H groups in total. The number of ether oxygens (including phenoxy) is 6. The van der Waals surface area contributed by atoms with E-state index in [2.05, 4.69) is 5.32 Å². The first-order valence-corrected chi connectivity index (χ1v) is 14.9. The number of rotatable bonds is 11. The van der Waals surface area contributed by atoms with Gasteiger partial charge in [-0.25, -0.2) is 0 Å². The van der Waals surface area contributed by atoms with Crippen LogP contribution in [0.15, 0.2) is 59.8 Å². The summed E-state index contributed by atoms with van der Waals surface area (Å²) in [6, 6.07) is 13.4. The van der Waals surface area contributed by atoms with Crippen LogP contribution in [0.5, 0.6) is 34.5 Å². The molecule has 0 saturated heterocycles. The molecule has 3 aromatic rings. The van der Waals surface area contributed by atoms with E-state index in [9.17, 15) is 19.5 Å². The number of carboxylic acid groups (broad SMARTS) is 1. The Morgan fingerprint density at radius 3 is 1.81 bits per heavy atom. The van der Waals surface area contributed by atoms with Gasteiger partial charge in [0.2, 0.25) is 17.4 Å². The highest BCUT2D eigenvalue weighted by molar-refractivity contribution is 6.07. The second kappa shape index (κ2) is 13.9. The number of hydrogen-bond acceptors (Lipinski definition) is 10. The summed E-state index contributed by atoms with van der Waals surface area (Å²) in [5, 5.41) is 12.9. The van der Waals surface area contributed by atoms with Gasteiger partial charge in [0.15, 0.2) is 28.8 Å². The van der Waals surface area contributed by atoms with E-state index >= 15 is 0 Å². The van der Waals surface area contributed by atoms with Crippen molar-refractivity contribution in [2.75, 3.05) is 52.9 Å². The molecular weight excluding hydrogens is 608 g/mol. The van der Waals surface area contributed by atoms with Gasteiger partial charge in [-0.3, -0.25) is 19.3 Å². The zero-order valence-electron chi connectivity index (χ0n) is 27.2. The zero-order valence-corrected chi connectivity index (χ0v) is 27.2. The van der Waals surface area contributed by atoms with E-state index in [0.717, 1.165) is 5.56 Å². The van der Waals surface area contributed by atoms with Gasteiger partial charge in [0.25, 0.3) is 0 Å². The van der Waals surface area contributed by atoms with Crippen molar-refractivity contribution in [2.24, 2.45) is 0 Å². The monoisotopic (exact) mass is 646 g/mol. The molecule has 0 saturated carbocycles. The van der Waals surface area contributed by atoms with Gasteiger partial charge in [-0.15, -0.1) is 0 Å². The number of anilines is 2. The summed E-state index contributed by atoms with van der Waals surface area (Å²) in [5.41, 5.74) is 3.43. The quantitative estimate of drug-likeness (QED) is 0.273. The number of amides is 1. The fraction of sp³-hybridized carbons (Fsp3) is 0.343. The summed E-state index contributed by atoms with van der Waals surface area (Å²) in [7, 11) is 9.06. The molecule has 12 nitrogen and oxygen atoms in total. The number of carbonyl (C=O) groups excluding carboxylic acids is 2. The second-order valence-electron chi connectivity index (χ2n) is 11.0. The molecule has 1 aliphatic heterocycles. The Bertz CT molecular complexity index is 1680. The summed E-state index contributed by atoms with van der Waals surface area (Å²) in [4.78, 5) is 41.6. The molecule has 0 unspecified atom stereocenters. The third-order valence-corrected chi connectivity index (χ3v) is 8.47. The number of Topliss-reactive ketones (excluding diaryl/α,β-unsaturated/α-hetero) is 1. The smallest absolute Gasteiger partial charge is 0.303 e. The average Bonchev–Trinajstić information content (AvgIpc) is 3.23. The van der Waals surface area contributed by atoms with E-state index in [1.165, 1.54) is 47.6 Å². The Labute approximate surface area is 272 Å². The van der Waals surface area contributed by atoms with Crippen molar-refractivity contribution in [3.8, 4) is 34.5 Å². The molecule has 1 heterocycles. The summed E-state index contributed by atoms with van der Waals surface area (Å²) in [6.45, 7) is 0. The van der Waals surface area contributed by atoms with Crippen LogP contribution in [0.25, 0.3) is 0 Å². The highest BCUT2D eigenvalue weighted by atomic mass is 16.5. The van der Waals surface area contributed by atoms with Crippen molar-refractivity contribution in [3.63, 3.8) is 0 Å². The molecule has 3 aromatic carbocycles. The zero-order chi connectivity index (χ0) is 33.8. The first-order valence-electron chi connectivity index (χ1n) is 14.9. The molecule has 1 amide bonds. The lowest BCUT2D eigenvalue weighted by Gasteiger charge is -2.35. The lowest BCUT2D eigenvalue weighted by Crippen LogP contribution is -2.38. The maximum Gasteiger partial charge on any atom is 0.303 e. The predicted molar refractivity (Wildman–Crippen MR) is 173 cm³/mol. The summed E-state index contributed by atoms with van der Waals surface area (Å²) < 4.78 is 33.5. The average molecular weight is 647 g/mol. The number of nitrogens with one attached hydrogen (secondary N) is 1. The van der Waals surface area contributed by atoms with Gasteiger partial charge in [0.05, 0.1) is 66.5 Å². The third kappa shape index (κ3) is 6.23. The number of carboxylic acids is 1. The van der Waals surface area contributed by atoms with Gasteiger partial charge in [-0.2, -0.15) is 0 Å². The van der Waals surface area contributed by atoms with Gasteiger partial charge in [0, 0.05) is 24.1 Å². The number of benzene rings is 3. The topological polar surface area (TPSA) is 142 Å². The Morgan fingerprint density at radius 2 is 1.30 bits per heavy atom. The van der Waals surface area contributed by atoms with Crippen molar-refractivity contribution < 1.29 is 47.9 Å². The maximum absolute atomic E-state index is 14.5.